The number of carbonyl (C=O) groups excluding carboxylic acids is 1. The Bertz CT molecular complexity index is 199. The van der Waals surface area contributed by atoms with Gasteiger partial charge in [0.2, 0.25) is 5.91 Å². The average molecular weight is 167 g/mol. The molecule has 0 aromatic carbocycles. The molecule has 1 heterocycles. The smallest absolute Gasteiger partial charge is 0.243 e. The van der Waals surface area contributed by atoms with Crippen molar-refractivity contribution in [3.63, 3.8) is 0 Å². The van der Waals surface area contributed by atoms with Crippen LogP contribution >= 0.6 is 0 Å². The summed E-state index contributed by atoms with van der Waals surface area (Å²) in [5, 5.41) is 2.69. The highest BCUT2D eigenvalue weighted by Crippen LogP contribution is 2.08. The zero-order chi connectivity index (χ0) is 8.81. The second kappa shape index (κ2) is 4.59. The fourth-order valence-electron chi connectivity index (χ4n) is 1.02. The van der Waals surface area contributed by atoms with Gasteiger partial charge in [0.1, 0.15) is 6.10 Å². The highest BCUT2D eigenvalue weighted by Gasteiger charge is 2.10. The maximum absolute atomic E-state index is 10.8. The van der Waals surface area contributed by atoms with E-state index in [-0.39, 0.29) is 12.0 Å². The summed E-state index contributed by atoms with van der Waals surface area (Å²) in [5.74, 6) is -0.145. The van der Waals surface area contributed by atoms with Gasteiger partial charge in [0, 0.05) is 0 Å². The molecule has 0 aromatic heterocycles. The molecule has 12 heavy (non-hydrogen) atoms. The molecule has 0 radical (unpaired) electrons. The van der Waals surface area contributed by atoms with Crippen LogP contribution in [0.1, 0.15) is 12.8 Å². The van der Waals surface area contributed by atoms with Gasteiger partial charge in [-0.2, -0.15) is 0 Å². The third-order valence-corrected chi connectivity index (χ3v) is 1.71. The zero-order valence-electron chi connectivity index (χ0n) is 6.95. The molecule has 1 amide bonds. The molecular weight excluding hydrogens is 154 g/mol. The van der Waals surface area contributed by atoms with E-state index in [4.69, 9.17) is 4.74 Å². The highest BCUT2D eigenvalue weighted by atomic mass is 16.5. The van der Waals surface area contributed by atoms with Crippen LogP contribution in [0.5, 0.6) is 0 Å². The Morgan fingerprint density at radius 1 is 1.83 bits per heavy atom. The van der Waals surface area contributed by atoms with Gasteiger partial charge in [-0.05, 0) is 25.0 Å². The Hall–Kier alpha value is -1.25. The second-order valence-corrected chi connectivity index (χ2v) is 2.66. The molecule has 1 atom stereocenters. The van der Waals surface area contributed by atoms with E-state index in [1.807, 2.05) is 6.08 Å². The average Bonchev–Trinajstić information content (AvgIpc) is 2.16. The maximum Gasteiger partial charge on any atom is 0.243 e. The van der Waals surface area contributed by atoms with Crippen molar-refractivity contribution < 1.29 is 9.53 Å². The van der Waals surface area contributed by atoms with Crippen LogP contribution in [-0.4, -0.2) is 18.6 Å². The van der Waals surface area contributed by atoms with E-state index in [1.54, 1.807) is 6.26 Å². The van der Waals surface area contributed by atoms with Crippen molar-refractivity contribution in [2.45, 2.75) is 18.9 Å². The van der Waals surface area contributed by atoms with Crippen LogP contribution in [0.3, 0.4) is 0 Å². The summed E-state index contributed by atoms with van der Waals surface area (Å²) in [6.07, 6.45) is 7.04. The Morgan fingerprint density at radius 3 is 3.25 bits per heavy atom. The minimum Gasteiger partial charge on any atom is -0.497 e. The van der Waals surface area contributed by atoms with Crippen molar-refractivity contribution in [1.29, 1.82) is 0 Å². The number of hydrogen-bond donors (Lipinski definition) is 1. The van der Waals surface area contributed by atoms with Gasteiger partial charge in [0.25, 0.3) is 0 Å². The SMILES string of the molecule is C=CC(=O)NCC1CCC=CO1. The fraction of sp³-hybridized carbons (Fsp3) is 0.444. The summed E-state index contributed by atoms with van der Waals surface area (Å²) in [7, 11) is 0. The quantitative estimate of drug-likeness (QED) is 0.636. The Kier molecular flexibility index (Phi) is 3.38. The summed E-state index contributed by atoms with van der Waals surface area (Å²) < 4.78 is 5.24. The van der Waals surface area contributed by atoms with Crippen LogP contribution in [0.4, 0.5) is 0 Å². The van der Waals surface area contributed by atoms with Crippen molar-refractivity contribution in [3.05, 3.63) is 25.0 Å². The number of nitrogens with one attached hydrogen (secondary N) is 1. The first kappa shape index (κ1) is 8.84. The lowest BCUT2D eigenvalue weighted by Gasteiger charge is -2.19. The van der Waals surface area contributed by atoms with E-state index < -0.39 is 0 Å². The molecule has 0 saturated heterocycles. The number of allylic oxidation sites excluding steroid dienone is 1. The normalized spacial score (nSPS) is 21.2. The third kappa shape index (κ3) is 2.78. The summed E-state index contributed by atoms with van der Waals surface area (Å²) in [4.78, 5) is 10.8. The van der Waals surface area contributed by atoms with Crippen molar-refractivity contribution >= 4 is 5.91 Å². The third-order valence-electron chi connectivity index (χ3n) is 1.71. The van der Waals surface area contributed by atoms with Gasteiger partial charge in [0.05, 0.1) is 12.8 Å². The first-order valence-corrected chi connectivity index (χ1v) is 4.03. The van der Waals surface area contributed by atoms with E-state index >= 15 is 0 Å². The fourth-order valence-corrected chi connectivity index (χ4v) is 1.02. The van der Waals surface area contributed by atoms with Gasteiger partial charge >= 0.3 is 0 Å². The Labute approximate surface area is 72.1 Å². The van der Waals surface area contributed by atoms with Gasteiger partial charge in [-0.1, -0.05) is 6.58 Å². The molecule has 3 nitrogen and oxygen atoms in total. The van der Waals surface area contributed by atoms with Crippen LogP contribution in [0.25, 0.3) is 0 Å². The standard InChI is InChI=1S/C9H13NO2/c1-2-9(11)10-7-8-5-3-4-6-12-8/h2,4,6,8H,1,3,5,7H2,(H,10,11). The van der Waals surface area contributed by atoms with Gasteiger partial charge in [-0.15, -0.1) is 0 Å². The van der Waals surface area contributed by atoms with E-state index in [9.17, 15) is 4.79 Å². The van der Waals surface area contributed by atoms with Crippen LogP contribution in [-0.2, 0) is 9.53 Å². The van der Waals surface area contributed by atoms with Crippen LogP contribution in [0, 0.1) is 0 Å². The van der Waals surface area contributed by atoms with Crippen molar-refractivity contribution in [2.24, 2.45) is 0 Å². The first-order chi connectivity index (χ1) is 5.83. The Balaban J connectivity index is 2.18. The van der Waals surface area contributed by atoms with Gasteiger partial charge < -0.3 is 10.1 Å². The molecule has 1 aliphatic rings. The van der Waals surface area contributed by atoms with Gasteiger partial charge in [-0.25, -0.2) is 0 Å². The molecule has 0 fully saturated rings. The summed E-state index contributed by atoms with van der Waals surface area (Å²) in [5.41, 5.74) is 0. The lowest BCUT2D eigenvalue weighted by atomic mass is 10.1. The Morgan fingerprint density at radius 2 is 2.67 bits per heavy atom. The topological polar surface area (TPSA) is 38.3 Å². The molecule has 1 aliphatic heterocycles. The molecule has 0 aromatic rings. The molecule has 0 aliphatic carbocycles. The lowest BCUT2D eigenvalue weighted by Crippen LogP contribution is -2.32. The number of hydrogen-bond acceptors (Lipinski definition) is 2. The number of carbonyl (C=O) groups is 1. The number of ether oxygens (including phenoxy) is 1. The minimum absolute atomic E-state index is 0.124. The minimum atomic E-state index is -0.145. The van der Waals surface area contributed by atoms with E-state index in [2.05, 4.69) is 11.9 Å². The van der Waals surface area contributed by atoms with E-state index in [0.29, 0.717) is 6.54 Å². The first-order valence-electron chi connectivity index (χ1n) is 4.03. The van der Waals surface area contributed by atoms with Crippen molar-refractivity contribution in [2.75, 3.05) is 6.54 Å². The number of rotatable bonds is 3. The van der Waals surface area contributed by atoms with Crippen molar-refractivity contribution in [3.8, 4) is 0 Å². The molecule has 3 heteroatoms. The zero-order valence-corrected chi connectivity index (χ0v) is 6.95. The lowest BCUT2D eigenvalue weighted by molar-refractivity contribution is -0.117. The molecule has 1 rings (SSSR count). The summed E-state index contributed by atoms with van der Waals surface area (Å²) in [6.45, 7) is 3.92. The molecule has 1 unspecified atom stereocenters. The molecule has 1 N–H and O–H groups in total. The van der Waals surface area contributed by atoms with Gasteiger partial charge in [-0.3, -0.25) is 4.79 Å². The summed E-state index contributed by atoms with van der Waals surface area (Å²) >= 11 is 0. The van der Waals surface area contributed by atoms with Crippen molar-refractivity contribution in [1.82, 2.24) is 5.32 Å². The predicted octanol–water partition coefficient (Wildman–Crippen LogP) is 0.981. The monoisotopic (exact) mass is 167 g/mol. The summed E-state index contributed by atoms with van der Waals surface area (Å²) in [6, 6.07) is 0. The molecule has 0 saturated carbocycles. The van der Waals surface area contributed by atoms with E-state index in [1.165, 1.54) is 6.08 Å². The van der Waals surface area contributed by atoms with Crippen LogP contribution in [0.15, 0.2) is 25.0 Å². The number of amides is 1. The molecular formula is C9H13NO2. The maximum atomic E-state index is 10.8. The molecule has 0 spiro atoms. The molecule has 0 bridgehead atoms. The predicted molar refractivity (Wildman–Crippen MR) is 46.5 cm³/mol. The highest BCUT2D eigenvalue weighted by molar-refractivity contribution is 5.86. The van der Waals surface area contributed by atoms with Crippen LogP contribution in [0.2, 0.25) is 0 Å². The second-order valence-electron chi connectivity index (χ2n) is 2.66. The molecule has 66 valence electrons. The van der Waals surface area contributed by atoms with Gasteiger partial charge in [0.15, 0.2) is 0 Å². The largest absolute Gasteiger partial charge is 0.497 e. The van der Waals surface area contributed by atoms with E-state index in [0.717, 1.165) is 12.8 Å². The van der Waals surface area contributed by atoms with Crippen LogP contribution < -0.4 is 5.32 Å².